The van der Waals surface area contributed by atoms with Gasteiger partial charge in [-0.3, -0.25) is 9.78 Å². The van der Waals surface area contributed by atoms with Gasteiger partial charge in [-0.1, -0.05) is 23.9 Å². The first-order valence-corrected chi connectivity index (χ1v) is 9.85. The van der Waals surface area contributed by atoms with Crippen LogP contribution in [0.4, 0.5) is 5.82 Å². The number of anilines is 1. The van der Waals surface area contributed by atoms with Gasteiger partial charge in [-0.15, -0.1) is 0 Å². The summed E-state index contributed by atoms with van der Waals surface area (Å²) in [5, 5.41) is 4.53. The molecule has 2 aromatic heterocycles. The normalized spacial score (nSPS) is 15.9. The second-order valence-corrected chi connectivity index (χ2v) is 7.18. The van der Waals surface area contributed by atoms with Crippen LogP contribution >= 0.6 is 11.8 Å². The molecule has 1 aliphatic heterocycles. The maximum Gasteiger partial charge on any atom is 0.336 e. The number of hydrogen-bond donors (Lipinski definition) is 2. The molecule has 3 heterocycles. The van der Waals surface area contributed by atoms with Crippen LogP contribution in [-0.2, 0) is 9.53 Å². The van der Waals surface area contributed by atoms with Crippen LogP contribution < -0.4 is 10.9 Å². The summed E-state index contributed by atoms with van der Waals surface area (Å²) in [6.45, 7) is 1.78. The van der Waals surface area contributed by atoms with Crippen molar-refractivity contribution in [1.82, 2.24) is 15.0 Å². The lowest BCUT2D eigenvalue weighted by molar-refractivity contribution is -0.136. The Morgan fingerprint density at radius 2 is 2.11 bits per heavy atom. The van der Waals surface area contributed by atoms with E-state index in [0.717, 1.165) is 16.5 Å². The first-order chi connectivity index (χ1) is 13.5. The number of carbonyl (C=O) groups is 1. The Hall–Kier alpha value is -3.13. The van der Waals surface area contributed by atoms with Gasteiger partial charge in [-0.25, -0.2) is 9.78 Å². The van der Waals surface area contributed by atoms with Crippen LogP contribution in [0.1, 0.15) is 24.0 Å². The molecule has 0 fully saturated rings. The van der Waals surface area contributed by atoms with E-state index in [2.05, 4.69) is 20.3 Å². The smallest absolute Gasteiger partial charge is 0.336 e. The highest BCUT2D eigenvalue weighted by Crippen LogP contribution is 2.40. The number of nitrogens with one attached hydrogen (secondary N) is 2. The minimum atomic E-state index is -0.597. The standard InChI is InChI=1S/C20H18N4O3S/c1-10-14(19(26)27-2)15(12-6-7-13-11(9-12)5-4-8-21-13)16-17(22-10)23-20(28-3)24-18(16)25/h4-9,15H,1-3H3,(H2,22,23,24,25). The van der Waals surface area contributed by atoms with Gasteiger partial charge in [-0.05, 0) is 36.9 Å². The Kier molecular flexibility index (Phi) is 4.64. The van der Waals surface area contributed by atoms with E-state index in [-0.39, 0.29) is 5.56 Å². The minimum absolute atomic E-state index is 0.285. The Balaban J connectivity index is 2.00. The number of fused-ring (bicyclic) bond motifs is 2. The molecule has 7 nitrogen and oxygen atoms in total. The molecule has 28 heavy (non-hydrogen) atoms. The van der Waals surface area contributed by atoms with Gasteiger partial charge in [0, 0.05) is 17.3 Å². The number of carbonyl (C=O) groups excluding carboxylic acids is 1. The van der Waals surface area contributed by atoms with E-state index in [1.165, 1.54) is 18.9 Å². The van der Waals surface area contributed by atoms with Crippen LogP contribution in [0.25, 0.3) is 10.9 Å². The first-order valence-electron chi connectivity index (χ1n) is 8.62. The van der Waals surface area contributed by atoms with Crippen LogP contribution in [0.15, 0.2) is 57.7 Å². The lowest BCUT2D eigenvalue weighted by atomic mass is 9.82. The number of nitrogens with zero attached hydrogens (tertiary/aromatic N) is 2. The van der Waals surface area contributed by atoms with Gasteiger partial charge in [0.1, 0.15) is 5.82 Å². The maximum atomic E-state index is 12.9. The van der Waals surface area contributed by atoms with Gasteiger partial charge in [0.15, 0.2) is 5.16 Å². The lowest BCUT2D eigenvalue weighted by Crippen LogP contribution is -2.30. The quantitative estimate of drug-likeness (QED) is 0.400. The fourth-order valence-electron chi connectivity index (χ4n) is 3.52. The fourth-order valence-corrected chi connectivity index (χ4v) is 3.89. The maximum absolute atomic E-state index is 12.9. The van der Waals surface area contributed by atoms with E-state index in [9.17, 15) is 9.59 Å². The molecule has 4 rings (SSSR count). The summed E-state index contributed by atoms with van der Waals surface area (Å²) in [5.41, 5.74) is 2.75. The molecule has 8 heteroatoms. The molecule has 1 aromatic carbocycles. The predicted molar refractivity (Wildman–Crippen MR) is 109 cm³/mol. The summed E-state index contributed by atoms with van der Waals surface area (Å²) in [7, 11) is 1.33. The van der Waals surface area contributed by atoms with Crippen LogP contribution in [-0.4, -0.2) is 34.3 Å². The molecule has 142 valence electrons. The van der Waals surface area contributed by atoms with Crippen molar-refractivity contribution in [2.45, 2.75) is 18.0 Å². The number of thioether (sulfide) groups is 1. The number of allylic oxidation sites excluding steroid dienone is 1. The van der Waals surface area contributed by atoms with Crippen molar-refractivity contribution in [3.8, 4) is 0 Å². The number of aromatic amines is 1. The van der Waals surface area contributed by atoms with Gasteiger partial charge in [0.25, 0.3) is 5.56 Å². The average molecular weight is 394 g/mol. The molecule has 0 amide bonds. The molecule has 1 atom stereocenters. The number of aromatic nitrogens is 3. The number of benzene rings is 1. The molecule has 0 spiro atoms. The molecule has 2 N–H and O–H groups in total. The Morgan fingerprint density at radius 3 is 2.86 bits per heavy atom. The van der Waals surface area contributed by atoms with Gasteiger partial charge in [-0.2, -0.15) is 0 Å². The zero-order chi connectivity index (χ0) is 19.8. The Labute approximate surface area is 165 Å². The van der Waals surface area contributed by atoms with Crippen LogP contribution in [0.3, 0.4) is 0 Å². The minimum Gasteiger partial charge on any atom is -0.466 e. The summed E-state index contributed by atoms with van der Waals surface area (Å²) in [6.07, 6.45) is 3.56. The third-order valence-electron chi connectivity index (χ3n) is 4.78. The topological polar surface area (TPSA) is 97.0 Å². The van der Waals surface area contributed by atoms with Crippen LogP contribution in [0, 0.1) is 0 Å². The monoisotopic (exact) mass is 394 g/mol. The second kappa shape index (κ2) is 7.12. The Bertz CT molecular complexity index is 1190. The molecule has 1 unspecified atom stereocenters. The Morgan fingerprint density at radius 1 is 1.29 bits per heavy atom. The number of hydrogen-bond acceptors (Lipinski definition) is 7. The van der Waals surface area contributed by atoms with Crippen molar-refractivity contribution >= 4 is 34.5 Å². The van der Waals surface area contributed by atoms with Gasteiger partial charge >= 0.3 is 5.97 Å². The molecule has 0 saturated carbocycles. The highest BCUT2D eigenvalue weighted by molar-refractivity contribution is 7.98. The summed E-state index contributed by atoms with van der Waals surface area (Å²) in [5.74, 6) is -0.629. The average Bonchev–Trinajstić information content (AvgIpc) is 2.71. The predicted octanol–water partition coefficient (Wildman–Crippen LogP) is 3.04. The van der Waals surface area contributed by atoms with E-state index >= 15 is 0 Å². The van der Waals surface area contributed by atoms with Gasteiger partial charge < -0.3 is 15.0 Å². The molecular formula is C20H18N4O3S. The molecule has 0 saturated heterocycles. The number of rotatable bonds is 3. The van der Waals surface area contributed by atoms with Crippen molar-refractivity contribution in [3.05, 3.63) is 69.3 Å². The largest absolute Gasteiger partial charge is 0.466 e. The highest BCUT2D eigenvalue weighted by atomic mass is 32.2. The van der Waals surface area contributed by atoms with E-state index in [4.69, 9.17) is 4.74 Å². The number of ether oxygens (including phenoxy) is 1. The van der Waals surface area contributed by atoms with Crippen molar-refractivity contribution < 1.29 is 9.53 Å². The third kappa shape index (κ3) is 2.95. The van der Waals surface area contributed by atoms with Gasteiger partial charge in [0.05, 0.1) is 29.7 Å². The summed E-state index contributed by atoms with van der Waals surface area (Å²) >= 11 is 1.34. The molecule has 3 aromatic rings. The van der Waals surface area contributed by atoms with Crippen LogP contribution in [0.5, 0.6) is 0 Å². The number of H-pyrrole nitrogens is 1. The molecule has 0 aliphatic carbocycles. The summed E-state index contributed by atoms with van der Waals surface area (Å²) < 4.78 is 5.01. The molecule has 0 radical (unpaired) electrons. The van der Waals surface area contributed by atoms with E-state index in [1.54, 1.807) is 13.1 Å². The zero-order valence-corrected chi connectivity index (χ0v) is 16.4. The number of esters is 1. The SMILES string of the molecule is COC(=O)C1=C(C)Nc2nc(SC)[nH]c(=O)c2C1c1ccc2ncccc2c1. The summed E-state index contributed by atoms with van der Waals surface area (Å²) in [6, 6.07) is 9.51. The zero-order valence-electron chi connectivity index (χ0n) is 15.6. The van der Waals surface area contributed by atoms with Crippen LogP contribution in [0.2, 0.25) is 0 Å². The lowest BCUT2D eigenvalue weighted by Gasteiger charge is -2.28. The van der Waals surface area contributed by atoms with Crippen molar-refractivity contribution in [1.29, 1.82) is 0 Å². The van der Waals surface area contributed by atoms with E-state index in [1.807, 2.05) is 36.6 Å². The van der Waals surface area contributed by atoms with Crippen molar-refractivity contribution in [2.24, 2.45) is 0 Å². The number of methoxy groups -OCH3 is 1. The highest BCUT2D eigenvalue weighted by Gasteiger charge is 2.36. The van der Waals surface area contributed by atoms with Crippen molar-refractivity contribution in [3.63, 3.8) is 0 Å². The molecule has 0 bridgehead atoms. The van der Waals surface area contributed by atoms with Gasteiger partial charge in [0.2, 0.25) is 0 Å². The second-order valence-electron chi connectivity index (χ2n) is 6.38. The van der Waals surface area contributed by atoms with Crippen molar-refractivity contribution in [2.75, 3.05) is 18.7 Å². The number of pyridine rings is 1. The molecule has 1 aliphatic rings. The fraction of sp³-hybridized carbons (Fsp3) is 0.200. The third-order valence-corrected chi connectivity index (χ3v) is 5.36. The summed E-state index contributed by atoms with van der Waals surface area (Å²) in [4.78, 5) is 37.1. The van der Waals surface area contributed by atoms with E-state index in [0.29, 0.717) is 27.8 Å². The van der Waals surface area contributed by atoms with E-state index < -0.39 is 11.9 Å². The molecular weight excluding hydrogens is 376 g/mol. The first kappa shape index (κ1) is 18.2.